The van der Waals surface area contributed by atoms with Gasteiger partial charge in [0.25, 0.3) is 0 Å². The van der Waals surface area contributed by atoms with Crippen LogP contribution in [0.1, 0.15) is 19.3 Å². The first kappa shape index (κ1) is 14.8. The van der Waals surface area contributed by atoms with Crippen molar-refractivity contribution in [1.29, 1.82) is 0 Å². The van der Waals surface area contributed by atoms with Gasteiger partial charge in [-0.15, -0.1) is 0 Å². The van der Waals surface area contributed by atoms with Crippen molar-refractivity contribution in [3.05, 3.63) is 30.3 Å². The molecule has 6 heteroatoms. The number of anilines is 1. The first-order chi connectivity index (χ1) is 9.40. The monoisotopic (exact) mass is 297 g/mol. The predicted molar refractivity (Wildman–Crippen MR) is 77.3 cm³/mol. The van der Waals surface area contributed by atoms with E-state index in [0.29, 0.717) is 24.9 Å². The van der Waals surface area contributed by atoms with E-state index in [1.807, 2.05) is 30.3 Å². The average molecular weight is 297 g/mol. The lowest BCUT2D eigenvalue weighted by atomic mass is 9.96. The SMILES string of the molecule is COC(=O)C1(Nc2ccccc2)CCCC1S(C)(=O)=O. The summed E-state index contributed by atoms with van der Waals surface area (Å²) in [6.45, 7) is 0. The molecule has 2 unspecified atom stereocenters. The third-order valence-corrected chi connectivity index (χ3v) is 5.47. The molecule has 0 aromatic heterocycles. The lowest BCUT2D eigenvalue weighted by molar-refractivity contribution is -0.145. The zero-order chi connectivity index (χ0) is 14.8. The molecule has 2 atom stereocenters. The van der Waals surface area contributed by atoms with Crippen LogP contribution in [0.4, 0.5) is 5.69 Å². The quantitative estimate of drug-likeness (QED) is 0.855. The Hall–Kier alpha value is -1.56. The summed E-state index contributed by atoms with van der Waals surface area (Å²) in [5.74, 6) is -0.519. The van der Waals surface area contributed by atoms with Crippen molar-refractivity contribution < 1.29 is 17.9 Å². The fourth-order valence-electron chi connectivity index (χ4n) is 2.94. The van der Waals surface area contributed by atoms with Gasteiger partial charge in [-0.05, 0) is 31.4 Å². The Morgan fingerprint density at radius 2 is 2.00 bits per heavy atom. The maximum absolute atomic E-state index is 12.2. The Kier molecular flexibility index (Phi) is 4.04. The van der Waals surface area contributed by atoms with Crippen LogP contribution in [0, 0.1) is 0 Å². The van der Waals surface area contributed by atoms with E-state index >= 15 is 0 Å². The number of esters is 1. The van der Waals surface area contributed by atoms with E-state index in [0.717, 1.165) is 0 Å². The van der Waals surface area contributed by atoms with Crippen LogP contribution in [-0.4, -0.2) is 38.5 Å². The van der Waals surface area contributed by atoms with E-state index in [-0.39, 0.29) is 0 Å². The van der Waals surface area contributed by atoms with Gasteiger partial charge in [0.05, 0.1) is 12.4 Å². The van der Waals surface area contributed by atoms with Crippen molar-refractivity contribution in [2.24, 2.45) is 0 Å². The predicted octanol–water partition coefficient (Wildman–Crippen LogP) is 1.61. The van der Waals surface area contributed by atoms with E-state index in [4.69, 9.17) is 4.74 Å². The number of nitrogens with one attached hydrogen (secondary N) is 1. The molecule has 0 radical (unpaired) electrons. The first-order valence-corrected chi connectivity index (χ1v) is 8.46. The third-order valence-electron chi connectivity index (χ3n) is 3.79. The van der Waals surface area contributed by atoms with Crippen molar-refractivity contribution in [2.75, 3.05) is 18.7 Å². The summed E-state index contributed by atoms with van der Waals surface area (Å²) in [7, 11) is -2.06. The van der Waals surface area contributed by atoms with Crippen LogP contribution >= 0.6 is 0 Å². The smallest absolute Gasteiger partial charge is 0.332 e. The minimum atomic E-state index is -3.35. The minimum absolute atomic E-state index is 0.451. The van der Waals surface area contributed by atoms with Gasteiger partial charge in [0.1, 0.15) is 0 Å². The molecular weight excluding hydrogens is 278 g/mol. The molecule has 5 nitrogen and oxygen atoms in total. The standard InChI is InChI=1S/C14H19NO4S/c1-19-13(16)14(15-11-7-4-3-5-8-11)10-6-9-12(14)20(2,17)18/h3-5,7-8,12,15H,6,9-10H2,1-2H3. The molecule has 0 amide bonds. The molecule has 1 N–H and O–H groups in total. The number of carbonyl (C=O) groups excluding carboxylic acids is 1. The molecule has 1 aliphatic rings. The van der Waals surface area contributed by atoms with Crippen LogP contribution in [0.25, 0.3) is 0 Å². The van der Waals surface area contributed by atoms with Gasteiger partial charge >= 0.3 is 5.97 Å². The van der Waals surface area contributed by atoms with Gasteiger partial charge < -0.3 is 10.1 Å². The summed E-state index contributed by atoms with van der Waals surface area (Å²) in [5, 5.41) is 2.35. The number of hydrogen-bond acceptors (Lipinski definition) is 5. The van der Waals surface area contributed by atoms with Crippen molar-refractivity contribution >= 4 is 21.5 Å². The second kappa shape index (κ2) is 5.44. The second-order valence-corrected chi connectivity index (χ2v) is 7.39. The fourth-order valence-corrected chi connectivity index (χ4v) is 4.54. The summed E-state index contributed by atoms with van der Waals surface area (Å²) >= 11 is 0. The molecular formula is C14H19NO4S. The molecule has 0 bridgehead atoms. The second-order valence-electron chi connectivity index (χ2n) is 5.16. The Morgan fingerprint density at radius 3 is 2.55 bits per heavy atom. The number of sulfone groups is 1. The number of benzene rings is 1. The zero-order valence-electron chi connectivity index (χ0n) is 11.6. The normalized spacial score (nSPS) is 26.2. The number of carbonyl (C=O) groups is 1. The van der Waals surface area contributed by atoms with Crippen molar-refractivity contribution in [2.45, 2.75) is 30.1 Å². The Balaban J connectivity index is 2.43. The molecule has 1 saturated carbocycles. The summed E-state index contributed by atoms with van der Waals surface area (Å²) in [5.41, 5.74) is -0.475. The van der Waals surface area contributed by atoms with Gasteiger partial charge in [0, 0.05) is 11.9 Å². The fraction of sp³-hybridized carbons (Fsp3) is 0.500. The van der Waals surface area contributed by atoms with Crippen LogP contribution in [0.15, 0.2) is 30.3 Å². The molecule has 1 aromatic rings. The van der Waals surface area contributed by atoms with Crippen molar-refractivity contribution in [1.82, 2.24) is 0 Å². The number of hydrogen-bond donors (Lipinski definition) is 1. The highest BCUT2D eigenvalue weighted by molar-refractivity contribution is 7.91. The number of methoxy groups -OCH3 is 1. The Bertz CT molecular complexity index is 584. The highest BCUT2D eigenvalue weighted by Gasteiger charge is 2.54. The Morgan fingerprint density at radius 1 is 1.35 bits per heavy atom. The highest BCUT2D eigenvalue weighted by Crippen LogP contribution is 2.38. The highest BCUT2D eigenvalue weighted by atomic mass is 32.2. The summed E-state index contributed by atoms with van der Waals surface area (Å²) < 4.78 is 28.9. The topological polar surface area (TPSA) is 72.5 Å². The maximum Gasteiger partial charge on any atom is 0.332 e. The average Bonchev–Trinajstić information content (AvgIpc) is 2.84. The van der Waals surface area contributed by atoms with E-state index in [2.05, 4.69) is 5.32 Å². The molecule has 20 heavy (non-hydrogen) atoms. The van der Waals surface area contributed by atoms with E-state index in [1.54, 1.807) is 0 Å². The van der Waals surface area contributed by atoms with Crippen molar-refractivity contribution in [3.63, 3.8) is 0 Å². The van der Waals surface area contributed by atoms with Crippen LogP contribution in [-0.2, 0) is 19.4 Å². The van der Waals surface area contributed by atoms with Crippen LogP contribution in [0.5, 0.6) is 0 Å². The Labute approximate surface area is 119 Å². The van der Waals surface area contributed by atoms with E-state index in [1.165, 1.54) is 13.4 Å². The van der Waals surface area contributed by atoms with Gasteiger partial charge in [-0.2, -0.15) is 0 Å². The van der Waals surface area contributed by atoms with Crippen molar-refractivity contribution in [3.8, 4) is 0 Å². The molecule has 0 aliphatic heterocycles. The maximum atomic E-state index is 12.2. The third kappa shape index (κ3) is 2.65. The molecule has 0 spiro atoms. The number of para-hydroxylation sites is 1. The van der Waals surface area contributed by atoms with Gasteiger partial charge in [-0.3, -0.25) is 0 Å². The van der Waals surface area contributed by atoms with Gasteiger partial charge in [0.15, 0.2) is 15.4 Å². The number of ether oxygens (including phenoxy) is 1. The molecule has 1 aromatic carbocycles. The molecule has 1 aliphatic carbocycles. The largest absolute Gasteiger partial charge is 0.467 e. The van der Waals surface area contributed by atoms with Crippen LogP contribution < -0.4 is 5.32 Å². The molecule has 1 fully saturated rings. The number of rotatable bonds is 4. The molecule has 110 valence electrons. The molecule has 0 heterocycles. The summed E-state index contributed by atoms with van der Waals surface area (Å²) in [6, 6.07) is 9.14. The van der Waals surface area contributed by atoms with Gasteiger partial charge in [-0.1, -0.05) is 18.2 Å². The lowest BCUT2D eigenvalue weighted by Gasteiger charge is -2.33. The molecule has 0 saturated heterocycles. The van der Waals surface area contributed by atoms with Crippen LogP contribution in [0.3, 0.4) is 0 Å². The van der Waals surface area contributed by atoms with Gasteiger partial charge in [-0.25, -0.2) is 13.2 Å². The summed E-state index contributed by atoms with van der Waals surface area (Å²) in [4.78, 5) is 12.2. The van der Waals surface area contributed by atoms with E-state index < -0.39 is 26.6 Å². The summed E-state index contributed by atoms with van der Waals surface area (Å²) in [6.07, 6.45) is 2.76. The van der Waals surface area contributed by atoms with E-state index in [9.17, 15) is 13.2 Å². The van der Waals surface area contributed by atoms with Gasteiger partial charge in [0.2, 0.25) is 0 Å². The minimum Gasteiger partial charge on any atom is -0.467 e. The molecule has 2 rings (SSSR count). The first-order valence-electron chi connectivity index (χ1n) is 6.50. The van der Waals surface area contributed by atoms with Crippen LogP contribution in [0.2, 0.25) is 0 Å². The lowest BCUT2D eigenvalue weighted by Crippen LogP contribution is -2.55. The zero-order valence-corrected chi connectivity index (χ0v) is 12.4.